The minimum absolute atomic E-state index is 0.0232. The molecule has 1 aromatic carbocycles. The Balaban J connectivity index is 2.75. The molecule has 6 heteroatoms. The number of carboxylic acid groups (broad SMARTS) is 1. The molecular formula is C15H22N2O4. The lowest BCUT2D eigenvalue weighted by molar-refractivity contribution is -0.137. The first kappa shape index (κ1) is 17.0. The van der Waals surface area contributed by atoms with Gasteiger partial charge in [0.05, 0.1) is 13.0 Å². The highest BCUT2D eigenvalue weighted by molar-refractivity contribution is 5.85. The lowest BCUT2D eigenvalue weighted by Gasteiger charge is -2.30. The second-order valence-electron chi connectivity index (χ2n) is 4.63. The molecule has 1 unspecified atom stereocenters. The van der Waals surface area contributed by atoms with Gasteiger partial charge in [0.1, 0.15) is 6.04 Å². The van der Waals surface area contributed by atoms with Crippen LogP contribution in [0.5, 0.6) is 0 Å². The fraction of sp³-hybridized carbons (Fsp3) is 0.467. The molecule has 1 amide bonds. The Morgan fingerprint density at radius 3 is 2.57 bits per heavy atom. The normalized spacial score (nSPS) is 11.7. The molecule has 0 aromatic heterocycles. The van der Waals surface area contributed by atoms with Crippen LogP contribution in [0.3, 0.4) is 0 Å². The number of aliphatic carboxylic acids is 1. The van der Waals surface area contributed by atoms with Gasteiger partial charge in [0, 0.05) is 25.9 Å². The summed E-state index contributed by atoms with van der Waals surface area (Å²) in [6, 6.07) is 8.87. The summed E-state index contributed by atoms with van der Waals surface area (Å²) in [6.07, 6.45) is -0.0232. The van der Waals surface area contributed by atoms with Crippen LogP contribution in [0.15, 0.2) is 30.3 Å². The second-order valence-corrected chi connectivity index (χ2v) is 4.63. The van der Waals surface area contributed by atoms with Gasteiger partial charge < -0.3 is 20.1 Å². The molecule has 0 bridgehead atoms. The molecule has 6 nitrogen and oxygen atoms in total. The molecule has 0 fully saturated rings. The van der Waals surface area contributed by atoms with E-state index < -0.39 is 12.0 Å². The Hall–Kier alpha value is -2.08. The van der Waals surface area contributed by atoms with Crippen LogP contribution in [0.4, 0.5) is 5.69 Å². The van der Waals surface area contributed by atoms with Crippen molar-refractivity contribution in [2.75, 3.05) is 31.7 Å². The van der Waals surface area contributed by atoms with Crippen LogP contribution in [-0.2, 0) is 14.3 Å². The molecule has 21 heavy (non-hydrogen) atoms. The summed E-state index contributed by atoms with van der Waals surface area (Å²) in [5, 5.41) is 11.6. The van der Waals surface area contributed by atoms with E-state index in [4.69, 9.17) is 9.84 Å². The molecule has 0 heterocycles. The minimum Gasteiger partial charge on any atom is -0.481 e. The average molecular weight is 294 g/mol. The van der Waals surface area contributed by atoms with Gasteiger partial charge in [-0.3, -0.25) is 9.59 Å². The number of nitrogens with one attached hydrogen (secondary N) is 1. The maximum atomic E-state index is 12.1. The minimum atomic E-state index is -0.886. The number of rotatable bonds is 9. The Kier molecular flexibility index (Phi) is 7.25. The molecule has 0 saturated carbocycles. The third kappa shape index (κ3) is 5.83. The standard InChI is InChI=1S/C15H22N2O4/c1-12(15(20)16-9-11-21-2)17(10-8-14(18)19)13-6-4-3-5-7-13/h3-7,12H,8-11H2,1-2H3,(H,16,20)(H,18,19). The predicted octanol–water partition coefficient (Wildman–Crippen LogP) is 1.12. The number of carbonyl (C=O) groups is 2. The van der Waals surface area contributed by atoms with Crippen molar-refractivity contribution >= 4 is 17.6 Å². The van der Waals surface area contributed by atoms with Gasteiger partial charge in [-0.15, -0.1) is 0 Å². The molecule has 0 aliphatic carbocycles. The Labute approximate surface area is 124 Å². The zero-order valence-corrected chi connectivity index (χ0v) is 12.4. The number of hydrogen-bond acceptors (Lipinski definition) is 4. The monoisotopic (exact) mass is 294 g/mol. The summed E-state index contributed by atoms with van der Waals surface area (Å²) in [4.78, 5) is 24.7. The van der Waals surface area contributed by atoms with Gasteiger partial charge in [-0.05, 0) is 19.1 Å². The number of ether oxygens (including phenoxy) is 1. The highest BCUT2D eigenvalue weighted by Gasteiger charge is 2.21. The van der Waals surface area contributed by atoms with Gasteiger partial charge in [0.15, 0.2) is 0 Å². The van der Waals surface area contributed by atoms with Crippen LogP contribution >= 0.6 is 0 Å². The van der Waals surface area contributed by atoms with E-state index in [1.807, 2.05) is 30.3 Å². The van der Waals surface area contributed by atoms with E-state index in [1.54, 1.807) is 18.9 Å². The second kappa shape index (κ2) is 8.97. The van der Waals surface area contributed by atoms with Crippen molar-refractivity contribution in [2.45, 2.75) is 19.4 Å². The van der Waals surface area contributed by atoms with Gasteiger partial charge in [-0.1, -0.05) is 18.2 Å². The van der Waals surface area contributed by atoms with E-state index in [0.717, 1.165) is 5.69 Å². The van der Waals surface area contributed by atoms with Crippen molar-refractivity contribution in [1.29, 1.82) is 0 Å². The Morgan fingerprint density at radius 2 is 2.00 bits per heavy atom. The molecule has 0 aliphatic heterocycles. The zero-order chi connectivity index (χ0) is 15.7. The fourth-order valence-corrected chi connectivity index (χ4v) is 1.95. The Bertz CT molecular complexity index is 450. The molecule has 116 valence electrons. The zero-order valence-electron chi connectivity index (χ0n) is 12.4. The Morgan fingerprint density at radius 1 is 1.33 bits per heavy atom. The van der Waals surface area contributed by atoms with Crippen LogP contribution in [0.2, 0.25) is 0 Å². The number of methoxy groups -OCH3 is 1. The number of carbonyl (C=O) groups excluding carboxylic acids is 1. The molecule has 2 N–H and O–H groups in total. The summed E-state index contributed by atoms with van der Waals surface area (Å²) in [5.74, 6) is -1.04. The first-order chi connectivity index (χ1) is 10.1. The van der Waals surface area contributed by atoms with E-state index in [0.29, 0.717) is 13.2 Å². The fourth-order valence-electron chi connectivity index (χ4n) is 1.95. The van der Waals surface area contributed by atoms with Crippen molar-refractivity contribution < 1.29 is 19.4 Å². The van der Waals surface area contributed by atoms with E-state index in [1.165, 1.54) is 0 Å². The van der Waals surface area contributed by atoms with Gasteiger partial charge in [0.2, 0.25) is 5.91 Å². The van der Waals surface area contributed by atoms with E-state index in [2.05, 4.69) is 5.32 Å². The SMILES string of the molecule is COCCNC(=O)C(C)N(CCC(=O)O)c1ccccc1. The van der Waals surface area contributed by atoms with Crippen LogP contribution in [-0.4, -0.2) is 49.8 Å². The lowest BCUT2D eigenvalue weighted by Crippen LogP contribution is -2.46. The topological polar surface area (TPSA) is 78.9 Å². The van der Waals surface area contributed by atoms with Crippen LogP contribution < -0.4 is 10.2 Å². The first-order valence-corrected chi connectivity index (χ1v) is 6.86. The summed E-state index contributed by atoms with van der Waals surface area (Å²) in [7, 11) is 1.57. The highest BCUT2D eigenvalue weighted by Crippen LogP contribution is 2.17. The van der Waals surface area contributed by atoms with Crippen LogP contribution in [0, 0.1) is 0 Å². The maximum Gasteiger partial charge on any atom is 0.305 e. The quantitative estimate of drug-likeness (QED) is 0.667. The summed E-state index contributed by atoms with van der Waals surface area (Å²) < 4.78 is 4.89. The first-order valence-electron chi connectivity index (χ1n) is 6.86. The van der Waals surface area contributed by atoms with Crippen molar-refractivity contribution in [3.05, 3.63) is 30.3 Å². The molecule has 0 aliphatic rings. The lowest BCUT2D eigenvalue weighted by atomic mass is 10.2. The van der Waals surface area contributed by atoms with Gasteiger partial charge in [-0.2, -0.15) is 0 Å². The smallest absolute Gasteiger partial charge is 0.305 e. The van der Waals surface area contributed by atoms with Gasteiger partial charge in [0.25, 0.3) is 0 Å². The molecule has 0 saturated heterocycles. The van der Waals surface area contributed by atoms with Crippen LogP contribution in [0.1, 0.15) is 13.3 Å². The number of para-hydroxylation sites is 1. The van der Waals surface area contributed by atoms with Crippen molar-refractivity contribution in [2.24, 2.45) is 0 Å². The average Bonchev–Trinajstić information content (AvgIpc) is 2.48. The largest absolute Gasteiger partial charge is 0.481 e. The number of anilines is 1. The number of carboxylic acids is 1. The van der Waals surface area contributed by atoms with E-state index in [-0.39, 0.29) is 18.9 Å². The highest BCUT2D eigenvalue weighted by atomic mass is 16.5. The van der Waals surface area contributed by atoms with Gasteiger partial charge >= 0.3 is 5.97 Å². The molecule has 1 aromatic rings. The number of benzene rings is 1. The number of amides is 1. The summed E-state index contributed by atoms with van der Waals surface area (Å²) in [5.41, 5.74) is 0.827. The van der Waals surface area contributed by atoms with Crippen molar-refractivity contribution in [3.8, 4) is 0 Å². The molecule has 0 radical (unpaired) electrons. The predicted molar refractivity (Wildman–Crippen MR) is 80.4 cm³/mol. The maximum absolute atomic E-state index is 12.1. The van der Waals surface area contributed by atoms with Crippen molar-refractivity contribution in [1.82, 2.24) is 5.32 Å². The van der Waals surface area contributed by atoms with E-state index in [9.17, 15) is 9.59 Å². The van der Waals surface area contributed by atoms with E-state index >= 15 is 0 Å². The van der Waals surface area contributed by atoms with Crippen LogP contribution in [0.25, 0.3) is 0 Å². The van der Waals surface area contributed by atoms with Gasteiger partial charge in [-0.25, -0.2) is 0 Å². The van der Waals surface area contributed by atoms with Crippen molar-refractivity contribution in [3.63, 3.8) is 0 Å². The molecule has 1 rings (SSSR count). The molecule has 1 atom stereocenters. The molecule has 0 spiro atoms. The summed E-state index contributed by atoms with van der Waals surface area (Å²) >= 11 is 0. The third-order valence-corrected chi connectivity index (χ3v) is 3.11. The third-order valence-electron chi connectivity index (χ3n) is 3.11. The number of nitrogens with zero attached hydrogens (tertiary/aromatic N) is 1. The number of hydrogen-bond donors (Lipinski definition) is 2. The molecular weight excluding hydrogens is 272 g/mol. The summed E-state index contributed by atoms with van der Waals surface area (Å²) in [6.45, 7) is 2.91.